The average Bonchev–Trinajstić information content (AvgIpc) is 2.55. The Kier molecular flexibility index (Phi) is 3.40. The lowest BCUT2D eigenvalue weighted by atomic mass is 9.71. The predicted molar refractivity (Wildman–Crippen MR) is 86.9 cm³/mol. The number of ether oxygens (including phenoxy) is 3. The number of hydrogen-bond donors (Lipinski definition) is 1. The Balaban J connectivity index is 1.95. The van der Waals surface area contributed by atoms with Crippen LogP contribution in [0.3, 0.4) is 0 Å². The third-order valence-electron chi connectivity index (χ3n) is 6.27. The zero-order valence-electron chi connectivity index (χ0n) is 14.4. The second-order valence-corrected chi connectivity index (χ2v) is 7.37. The van der Waals surface area contributed by atoms with Crippen LogP contribution in [-0.4, -0.2) is 24.1 Å². The molecule has 0 bridgehead atoms. The molecule has 3 aliphatic rings. The highest BCUT2D eigenvalue weighted by Gasteiger charge is 2.55. The number of benzene rings is 1. The molecule has 2 heterocycles. The smallest absolute Gasteiger partial charge is 0.215 e. The molecule has 126 valence electrons. The maximum atomic E-state index is 10.4. The van der Waals surface area contributed by atoms with E-state index in [9.17, 15) is 5.11 Å². The fraction of sp³-hybridized carbons (Fsp3) is 0.684. The molecule has 4 heteroatoms. The summed E-state index contributed by atoms with van der Waals surface area (Å²) >= 11 is 0. The quantitative estimate of drug-likeness (QED) is 0.843. The van der Waals surface area contributed by atoms with Gasteiger partial charge in [0.1, 0.15) is 11.5 Å². The van der Waals surface area contributed by atoms with Crippen LogP contribution >= 0.6 is 0 Å². The molecule has 0 amide bonds. The third-order valence-corrected chi connectivity index (χ3v) is 6.27. The molecule has 0 spiro atoms. The van der Waals surface area contributed by atoms with Crippen molar-refractivity contribution in [2.24, 2.45) is 5.92 Å². The van der Waals surface area contributed by atoms with E-state index in [1.807, 2.05) is 6.92 Å². The largest absolute Gasteiger partial charge is 0.508 e. The lowest BCUT2D eigenvalue weighted by molar-refractivity contribution is -0.262. The molecule has 5 atom stereocenters. The Morgan fingerprint density at radius 3 is 2.78 bits per heavy atom. The van der Waals surface area contributed by atoms with E-state index in [0.29, 0.717) is 5.75 Å². The van der Waals surface area contributed by atoms with Crippen molar-refractivity contribution in [1.82, 2.24) is 0 Å². The summed E-state index contributed by atoms with van der Waals surface area (Å²) in [7, 11) is 1.73. The minimum Gasteiger partial charge on any atom is -0.508 e. The van der Waals surface area contributed by atoms with E-state index in [1.165, 1.54) is 12.0 Å². The molecule has 23 heavy (non-hydrogen) atoms. The van der Waals surface area contributed by atoms with Gasteiger partial charge in [0.25, 0.3) is 0 Å². The van der Waals surface area contributed by atoms with Gasteiger partial charge in [-0.3, -0.25) is 0 Å². The number of methoxy groups -OCH3 is 1. The summed E-state index contributed by atoms with van der Waals surface area (Å²) in [6.45, 7) is 6.29. The molecule has 1 aliphatic carbocycles. The van der Waals surface area contributed by atoms with Gasteiger partial charge in [-0.2, -0.15) is 0 Å². The molecule has 0 aromatic heterocycles. The second-order valence-electron chi connectivity index (χ2n) is 7.37. The van der Waals surface area contributed by atoms with E-state index in [2.05, 4.69) is 13.8 Å². The summed E-state index contributed by atoms with van der Waals surface area (Å²) in [6, 6.07) is 1.75. The normalized spacial score (nSPS) is 38.4. The third kappa shape index (κ3) is 1.97. The van der Waals surface area contributed by atoms with E-state index in [0.717, 1.165) is 36.1 Å². The van der Waals surface area contributed by atoms with Crippen molar-refractivity contribution < 1.29 is 19.3 Å². The second kappa shape index (κ2) is 5.12. The van der Waals surface area contributed by atoms with Crippen molar-refractivity contribution in [3.05, 3.63) is 22.8 Å². The number of phenolic OH excluding ortho intramolecular Hbond substituents is 1. The van der Waals surface area contributed by atoms with Crippen LogP contribution in [0.2, 0.25) is 0 Å². The van der Waals surface area contributed by atoms with Crippen LogP contribution in [-0.2, 0) is 9.47 Å². The molecule has 0 unspecified atom stereocenters. The minimum atomic E-state index is -0.616. The van der Waals surface area contributed by atoms with Gasteiger partial charge in [-0.15, -0.1) is 0 Å². The number of hydrogen-bond acceptors (Lipinski definition) is 4. The van der Waals surface area contributed by atoms with Gasteiger partial charge in [-0.05, 0) is 37.8 Å². The van der Waals surface area contributed by atoms with Crippen molar-refractivity contribution in [2.45, 2.75) is 70.4 Å². The Labute approximate surface area is 137 Å². The van der Waals surface area contributed by atoms with E-state index in [1.54, 1.807) is 13.2 Å². The molecule has 1 aromatic rings. The molecule has 1 fully saturated rings. The summed E-state index contributed by atoms with van der Waals surface area (Å²) in [6.07, 6.45) is 4.34. The van der Waals surface area contributed by atoms with Crippen LogP contribution < -0.4 is 4.74 Å². The SMILES string of the molecule is CO[C@]12CCCC[C@H]1[C@H]1O[C@H](C)[C@@H](C)c3c(C)c(O)cc(c31)O2. The van der Waals surface area contributed by atoms with Gasteiger partial charge < -0.3 is 19.3 Å². The summed E-state index contributed by atoms with van der Waals surface area (Å²) in [4.78, 5) is 0. The molecule has 1 aromatic carbocycles. The van der Waals surface area contributed by atoms with E-state index in [-0.39, 0.29) is 24.0 Å². The number of fused-ring (bicyclic) bond motifs is 2. The summed E-state index contributed by atoms with van der Waals surface area (Å²) in [5, 5.41) is 10.4. The Bertz CT molecular complexity index is 641. The highest BCUT2D eigenvalue weighted by molar-refractivity contribution is 5.56. The molecule has 1 N–H and O–H groups in total. The van der Waals surface area contributed by atoms with Crippen LogP contribution in [0.4, 0.5) is 0 Å². The molecule has 2 aliphatic heterocycles. The first-order valence-electron chi connectivity index (χ1n) is 8.74. The zero-order valence-corrected chi connectivity index (χ0v) is 14.4. The van der Waals surface area contributed by atoms with Crippen molar-refractivity contribution in [1.29, 1.82) is 0 Å². The number of phenols is 1. The van der Waals surface area contributed by atoms with Gasteiger partial charge in [-0.25, -0.2) is 0 Å². The maximum absolute atomic E-state index is 10.4. The monoisotopic (exact) mass is 318 g/mol. The zero-order chi connectivity index (χ0) is 16.4. The highest BCUT2D eigenvalue weighted by Crippen LogP contribution is 2.58. The Hall–Kier alpha value is -1.26. The summed E-state index contributed by atoms with van der Waals surface area (Å²) < 4.78 is 18.7. The lowest BCUT2D eigenvalue weighted by Gasteiger charge is -2.53. The highest BCUT2D eigenvalue weighted by atomic mass is 16.7. The van der Waals surface area contributed by atoms with Crippen LogP contribution in [0, 0.1) is 12.8 Å². The predicted octanol–water partition coefficient (Wildman–Crippen LogP) is 4.19. The molecular weight excluding hydrogens is 292 g/mol. The van der Waals surface area contributed by atoms with Gasteiger partial charge >= 0.3 is 0 Å². The Morgan fingerprint density at radius 1 is 1.26 bits per heavy atom. The summed E-state index contributed by atoms with van der Waals surface area (Å²) in [5.74, 6) is 0.890. The average molecular weight is 318 g/mol. The van der Waals surface area contributed by atoms with E-state index in [4.69, 9.17) is 14.2 Å². The van der Waals surface area contributed by atoms with Crippen LogP contribution in [0.15, 0.2) is 6.07 Å². The van der Waals surface area contributed by atoms with Gasteiger partial charge in [0.05, 0.1) is 18.1 Å². The molecule has 1 saturated carbocycles. The maximum Gasteiger partial charge on any atom is 0.215 e. The van der Waals surface area contributed by atoms with E-state index < -0.39 is 5.79 Å². The number of rotatable bonds is 1. The fourth-order valence-corrected chi connectivity index (χ4v) is 4.83. The van der Waals surface area contributed by atoms with Crippen molar-refractivity contribution >= 4 is 0 Å². The topological polar surface area (TPSA) is 47.9 Å². The van der Waals surface area contributed by atoms with Crippen LogP contribution in [0.1, 0.15) is 68.2 Å². The first-order chi connectivity index (χ1) is 11.0. The van der Waals surface area contributed by atoms with Crippen molar-refractivity contribution in [3.63, 3.8) is 0 Å². The lowest BCUT2D eigenvalue weighted by Crippen LogP contribution is -2.54. The number of aromatic hydroxyl groups is 1. The van der Waals surface area contributed by atoms with Gasteiger partial charge in [-0.1, -0.05) is 13.3 Å². The standard InChI is InChI=1S/C19H26O4/c1-10-12(3)22-18-13-7-5-6-8-19(13,21-4)23-15-9-14(20)11(2)16(10)17(15)18/h9-10,12-13,18,20H,5-8H2,1-4H3/t10-,12-,13+,18-,19+/m1/s1. The fourth-order valence-electron chi connectivity index (χ4n) is 4.83. The van der Waals surface area contributed by atoms with Gasteiger partial charge in [0.15, 0.2) is 0 Å². The van der Waals surface area contributed by atoms with Crippen LogP contribution in [0.25, 0.3) is 0 Å². The van der Waals surface area contributed by atoms with Gasteiger partial charge in [0.2, 0.25) is 5.79 Å². The van der Waals surface area contributed by atoms with Gasteiger partial charge in [0, 0.05) is 31.1 Å². The molecule has 0 saturated heterocycles. The first-order valence-corrected chi connectivity index (χ1v) is 8.74. The molecule has 4 rings (SSSR count). The van der Waals surface area contributed by atoms with E-state index >= 15 is 0 Å². The Morgan fingerprint density at radius 2 is 2.04 bits per heavy atom. The molecule has 0 radical (unpaired) electrons. The van der Waals surface area contributed by atoms with Crippen molar-refractivity contribution in [3.8, 4) is 11.5 Å². The van der Waals surface area contributed by atoms with Crippen LogP contribution in [0.5, 0.6) is 11.5 Å². The minimum absolute atomic E-state index is 0.000463. The molecular formula is C19H26O4. The van der Waals surface area contributed by atoms with Crippen molar-refractivity contribution in [2.75, 3.05) is 7.11 Å². The molecule has 4 nitrogen and oxygen atoms in total. The summed E-state index contributed by atoms with van der Waals surface area (Å²) in [5.41, 5.74) is 3.31. The first kappa shape index (κ1) is 15.3.